The van der Waals surface area contributed by atoms with Crippen molar-refractivity contribution in [3.05, 3.63) is 0 Å². The number of carbonyl (C=O) groups is 1. The molecule has 0 heterocycles. The van der Waals surface area contributed by atoms with Crippen LogP contribution in [0.1, 0.15) is 20.3 Å². The minimum atomic E-state index is -0.722. The number of hydrogen-bond donors (Lipinski definition) is 1. The fourth-order valence-corrected chi connectivity index (χ4v) is 1.63. The fraction of sp³-hybridized carbons (Fsp3) is 0.833. The van der Waals surface area contributed by atoms with Crippen molar-refractivity contribution in [2.75, 3.05) is 0 Å². The average molecular weight is 162 g/mol. The molecule has 1 N–H and O–H groups in total. The maximum Gasteiger partial charge on any atom is 0.303 e. The quantitative estimate of drug-likeness (QED) is 0.470. The molecule has 3 nitrogen and oxygen atoms in total. The number of carboxylic acid groups (broad SMARTS) is 1. The second-order valence-corrected chi connectivity index (χ2v) is 3.87. The molecular weight excluding hydrogens is 148 g/mol. The number of aliphatic carboxylic acids is 1. The van der Waals surface area contributed by atoms with E-state index in [1.165, 1.54) is 0 Å². The summed E-state index contributed by atoms with van der Waals surface area (Å²) in [6.07, 6.45) is 0.527. The maximum absolute atomic E-state index is 10.0. The molecule has 0 aliphatic heterocycles. The van der Waals surface area contributed by atoms with Crippen LogP contribution in [0.2, 0.25) is 6.04 Å². The SMILES string of the molecule is CC(C)O[SiH2]CCC(=O)O. The van der Waals surface area contributed by atoms with Crippen LogP contribution in [-0.4, -0.2) is 26.9 Å². The van der Waals surface area contributed by atoms with Crippen LogP contribution in [0.25, 0.3) is 0 Å². The van der Waals surface area contributed by atoms with Crippen molar-refractivity contribution < 1.29 is 14.3 Å². The monoisotopic (exact) mass is 162 g/mol. The first-order valence-corrected chi connectivity index (χ1v) is 5.04. The summed E-state index contributed by atoms with van der Waals surface area (Å²) in [7, 11) is -0.560. The van der Waals surface area contributed by atoms with Gasteiger partial charge in [0.15, 0.2) is 9.76 Å². The molecule has 0 bridgehead atoms. The molecule has 0 aromatic rings. The van der Waals surface area contributed by atoms with Crippen molar-refractivity contribution in [3.63, 3.8) is 0 Å². The summed E-state index contributed by atoms with van der Waals surface area (Å²) in [6.45, 7) is 3.93. The van der Waals surface area contributed by atoms with Crippen molar-refractivity contribution in [3.8, 4) is 0 Å². The molecule has 60 valence electrons. The molecular formula is C6H14O3Si. The van der Waals surface area contributed by atoms with Crippen LogP contribution in [-0.2, 0) is 9.22 Å². The summed E-state index contributed by atoms with van der Waals surface area (Å²) in [4.78, 5) is 10.0. The third-order valence-electron chi connectivity index (χ3n) is 0.986. The highest BCUT2D eigenvalue weighted by atomic mass is 28.2. The van der Waals surface area contributed by atoms with Gasteiger partial charge in [-0.05, 0) is 19.9 Å². The van der Waals surface area contributed by atoms with Crippen LogP contribution in [0.15, 0.2) is 0 Å². The minimum Gasteiger partial charge on any atom is -0.481 e. The van der Waals surface area contributed by atoms with Gasteiger partial charge in [0.1, 0.15) is 0 Å². The van der Waals surface area contributed by atoms with E-state index in [0.29, 0.717) is 0 Å². The lowest BCUT2D eigenvalue weighted by Gasteiger charge is -2.04. The Hall–Kier alpha value is -0.353. The van der Waals surface area contributed by atoms with E-state index in [1.54, 1.807) is 0 Å². The van der Waals surface area contributed by atoms with Gasteiger partial charge in [-0.25, -0.2) is 0 Å². The van der Waals surface area contributed by atoms with Gasteiger partial charge < -0.3 is 9.53 Å². The van der Waals surface area contributed by atoms with E-state index < -0.39 is 15.7 Å². The smallest absolute Gasteiger partial charge is 0.303 e. The van der Waals surface area contributed by atoms with E-state index >= 15 is 0 Å². The molecule has 0 rings (SSSR count). The van der Waals surface area contributed by atoms with Gasteiger partial charge in [0.25, 0.3) is 0 Å². The van der Waals surface area contributed by atoms with Crippen LogP contribution < -0.4 is 0 Å². The van der Waals surface area contributed by atoms with Crippen molar-refractivity contribution in [2.24, 2.45) is 0 Å². The van der Waals surface area contributed by atoms with Gasteiger partial charge in [-0.15, -0.1) is 0 Å². The Bertz CT molecular complexity index is 103. The van der Waals surface area contributed by atoms with Gasteiger partial charge >= 0.3 is 5.97 Å². The van der Waals surface area contributed by atoms with Crippen molar-refractivity contribution in [2.45, 2.75) is 32.4 Å². The van der Waals surface area contributed by atoms with Gasteiger partial charge in [0.05, 0.1) is 0 Å². The molecule has 0 atom stereocenters. The third-order valence-corrected chi connectivity index (χ3v) is 2.53. The summed E-state index contributed by atoms with van der Waals surface area (Å²) in [5, 5.41) is 8.25. The lowest BCUT2D eigenvalue weighted by molar-refractivity contribution is -0.136. The topological polar surface area (TPSA) is 46.5 Å². The second-order valence-electron chi connectivity index (χ2n) is 2.42. The summed E-state index contributed by atoms with van der Waals surface area (Å²) >= 11 is 0. The Morgan fingerprint density at radius 3 is 2.70 bits per heavy atom. The minimum absolute atomic E-state index is 0.263. The maximum atomic E-state index is 10.0. The number of carboxylic acids is 1. The predicted molar refractivity (Wildman–Crippen MR) is 41.8 cm³/mol. The van der Waals surface area contributed by atoms with E-state index in [4.69, 9.17) is 9.53 Å². The van der Waals surface area contributed by atoms with Crippen LogP contribution in [0.5, 0.6) is 0 Å². The van der Waals surface area contributed by atoms with Crippen molar-refractivity contribution >= 4 is 15.7 Å². The molecule has 4 heteroatoms. The molecule has 0 unspecified atom stereocenters. The standard InChI is InChI=1S/C6H14O3Si/c1-5(2)9-10-4-3-6(7)8/h5H,3-4,10H2,1-2H3,(H,7,8). The fourth-order valence-electron chi connectivity index (χ4n) is 0.542. The molecule has 0 saturated heterocycles. The van der Waals surface area contributed by atoms with Crippen LogP contribution in [0.4, 0.5) is 0 Å². The first-order valence-electron chi connectivity index (χ1n) is 3.46. The highest BCUT2D eigenvalue weighted by Crippen LogP contribution is 1.92. The second kappa shape index (κ2) is 5.43. The Balaban J connectivity index is 2.98. The van der Waals surface area contributed by atoms with Crippen LogP contribution >= 0.6 is 0 Å². The highest BCUT2D eigenvalue weighted by Gasteiger charge is 1.97. The largest absolute Gasteiger partial charge is 0.481 e. The van der Waals surface area contributed by atoms with Crippen LogP contribution in [0, 0.1) is 0 Å². The Morgan fingerprint density at radius 1 is 1.70 bits per heavy atom. The van der Waals surface area contributed by atoms with E-state index in [-0.39, 0.29) is 12.5 Å². The van der Waals surface area contributed by atoms with E-state index in [9.17, 15) is 4.79 Å². The van der Waals surface area contributed by atoms with Crippen molar-refractivity contribution in [1.82, 2.24) is 0 Å². The van der Waals surface area contributed by atoms with Gasteiger partial charge in [0, 0.05) is 12.5 Å². The van der Waals surface area contributed by atoms with Gasteiger partial charge in [-0.2, -0.15) is 0 Å². The molecule has 0 saturated carbocycles. The number of rotatable bonds is 5. The van der Waals surface area contributed by atoms with Gasteiger partial charge in [-0.3, -0.25) is 4.79 Å². The first-order chi connectivity index (χ1) is 4.63. The van der Waals surface area contributed by atoms with Gasteiger partial charge in [0.2, 0.25) is 0 Å². The Kier molecular flexibility index (Phi) is 5.24. The third kappa shape index (κ3) is 7.65. The molecule has 0 spiro atoms. The zero-order valence-corrected chi connectivity index (χ0v) is 7.88. The Morgan fingerprint density at radius 2 is 2.30 bits per heavy atom. The molecule has 0 aliphatic carbocycles. The predicted octanol–water partition coefficient (Wildman–Crippen LogP) is 0.388. The molecule has 10 heavy (non-hydrogen) atoms. The summed E-state index contributed by atoms with van der Waals surface area (Å²) < 4.78 is 5.27. The average Bonchev–Trinajstić information content (AvgIpc) is 1.79. The number of hydrogen-bond acceptors (Lipinski definition) is 2. The zero-order valence-electron chi connectivity index (χ0n) is 6.46. The summed E-state index contributed by atoms with van der Waals surface area (Å²) in [5.74, 6) is -0.722. The lowest BCUT2D eigenvalue weighted by Crippen LogP contribution is -2.08. The van der Waals surface area contributed by atoms with Crippen LogP contribution in [0.3, 0.4) is 0 Å². The first kappa shape index (κ1) is 9.65. The molecule has 0 fully saturated rings. The van der Waals surface area contributed by atoms with E-state index in [2.05, 4.69) is 0 Å². The summed E-state index contributed by atoms with van der Waals surface area (Å²) in [5.41, 5.74) is 0. The summed E-state index contributed by atoms with van der Waals surface area (Å²) in [6, 6.07) is 0.744. The molecule has 0 aromatic heterocycles. The molecule has 0 radical (unpaired) electrons. The molecule has 0 aliphatic rings. The highest BCUT2D eigenvalue weighted by molar-refractivity contribution is 6.27. The lowest BCUT2D eigenvalue weighted by atomic mass is 10.5. The van der Waals surface area contributed by atoms with E-state index in [1.807, 2.05) is 13.8 Å². The molecule has 0 amide bonds. The van der Waals surface area contributed by atoms with E-state index in [0.717, 1.165) is 6.04 Å². The normalized spacial score (nSPS) is 11.5. The molecule has 0 aromatic carbocycles. The zero-order chi connectivity index (χ0) is 7.98. The van der Waals surface area contributed by atoms with Gasteiger partial charge in [-0.1, -0.05) is 0 Å². The Labute approximate surface area is 63.3 Å². The van der Waals surface area contributed by atoms with Crippen molar-refractivity contribution in [1.29, 1.82) is 0 Å².